The van der Waals surface area contributed by atoms with Crippen LogP contribution >= 0.6 is 15.9 Å². The predicted molar refractivity (Wildman–Crippen MR) is 49.4 cm³/mol. The molecule has 3 N–H and O–H groups in total. The molecule has 1 rings (SSSR count). The molecule has 4 heteroatoms. The molecule has 0 saturated carbocycles. The summed E-state index contributed by atoms with van der Waals surface area (Å²) < 4.78 is 0.733. The molecule has 0 aromatic heterocycles. The Balaban J connectivity index is 3.22. The standard InChI is InChI=1S/C9H10BrNO2/c1-9(11,8(12)13)6-4-2-3-5-7(6)10/h2-5H,11H2,1H3,(H,12,13)/t9-/m1/s1. The van der Waals surface area contributed by atoms with Crippen molar-refractivity contribution in [3.05, 3.63) is 34.3 Å². The Hall–Kier alpha value is -0.870. The Morgan fingerprint density at radius 2 is 2.08 bits per heavy atom. The average molecular weight is 244 g/mol. The van der Waals surface area contributed by atoms with E-state index in [-0.39, 0.29) is 0 Å². The zero-order valence-corrected chi connectivity index (χ0v) is 8.80. The highest BCUT2D eigenvalue weighted by molar-refractivity contribution is 9.10. The monoisotopic (exact) mass is 243 g/mol. The first-order chi connectivity index (χ1) is 5.96. The Morgan fingerprint density at radius 3 is 2.54 bits per heavy atom. The van der Waals surface area contributed by atoms with Crippen molar-refractivity contribution < 1.29 is 15.6 Å². The van der Waals surface area contributed by atoms with E-state index >= 15 is 0 Å². The van der Waals surface area contributed by atoms with Crippen molar-refractivity contribution in [2.24, 2.45) is 0 Å². The van der Waals surface area contributed by atoms with E-state index in [4.69, 9.17) is 0 Å². The van der Waals surface area contributed by atoms with Gasteiger partial charge < -0.3 is 15.6 Å². The maximum absolute atomic E-state index is 10.8. The number of quaternary nitrogens is 1. The van der Waals surface area contributed by atoms with Gasteiger partial charge in [0.05, 0.1) is 0 Å². The van der Waals surface area contributed by atoms with Gasteiger partial charge in [-0.15, -0.1) is 0 Å². The topological polar surface area (TPSA) is 67.8 Å². The van der Waals surface area contributed by atoms with E-state index in [2.05, 4.69) is 21.7 Å². The van der Waals surface area contributed by atoms with Gasteiger partial charge >= 0.3 is 0 Å². The molecule has 1 aromatic carbocycles. The Bertz CT molecular complexity index is 336. The number of hydrogen-bond acceptors (Lipinski definition) is 2. The van der Waals surface area contributed by atoms with E-state index in [1.54, 1.807) is 18.2 Å². The number of aliphatic carboxylic acids is 1. The van der Waals surface area contributed by atoms with E-state index in [1.165, 1.54) is 6.92 Å². The van der Waals surface area contributed by atoms with Crippen molar-refractivity contribution in [2.75, 3.05) is 0 Å². The number of benzene rings is 1. The molecule has 0 saturated heterocycles. The molecule has 0 aliphatic heterocycles. The Kier molecular flexibility index (Phi) is 2.73. The molecule has 0 aliphatic rings. The molecule has 1 atom stereocenters. The predicted octanol–water partition coefficient (Wildman–Crippen LogP) is -0.344. The van der Waals surface area contributed by atoms with E-state index in [9.17, 15) is 9.90 Å². The largest absolute Gasteiger partial charge is 0.543 e. The van der Waals surface area contributed by atoms with Gasteiger partial charge in [0.1, 0.15) is 5.97 Å². The fourth-order valence-electron chi connectivity index (χ4n) is 1.02. The van der Waals surface area contributed by atoms with Crippen molar-refractivity contribution in [1.82, 2.24) is 0 Å². The molecule has 1 aromatic rings. The normalized spacial score (nSPS) is 15.0. The van der Waals surface area contributed by atoms with Gasteiger partial charge in [-0.25, -0.2) is 0 Å². The second kappa shape index (κ2) is 3.47. The molecule has 0 amide bonds. The van der Waals surface area contributed by atoms with Crippen LogP contribution in [0, 0.1) is 0 Å². The number of hydrogen-bond donors (Lipinski definition) is 1. The van der Waals surface area contributed by atoms with Crippen molar-refractivity contribution in [3.63, 3.8) is 0 Å². The van der Waals surface area contributed by atoms with Crippen LogP contribution in [0.5, 0.6) is 0 Å². The molecule has 3 nitrogen and oxygen atoms in total. The molecule has 70 valence electrons. The van der Waals surface area contributed by atoms with Crippen LogP contribution in [0.2, 0.25) is 0 Å². The first-order valence-electron chi connectivity index (χ1n) is 3.78. The van der Waals surface area contributed by atoms with Crippen LogP contribution in [0.25, 0.3) is 0 Å². The van der Waals surface area contributed by atoms with Crippen LogP contribution in [-0.2, 0) is 10.3 Å². The summed E-state index contributed by atoms with van der Waals surface area (Å²) in [7, 11) is 0. The lowest BCUT2D eigenvalue weighted by Gasteiger charge is -2.23. The highest BCUT2D eigenvalue weighted by Gasteiger charge is 2.29. The van der Waals surface area contributed by atoms with Crippen LogP contribution in [0.3, 0.4) is 0 Å². The number of carbonyl (C=O) groups is 1. The summed E-state index contributed by atoms with van der Waals surface area (Å²) in [5, 5.41) is 10.8. The fraction of sp³-hybridized carbons (Fsp3) is 0.222. The molecular weight excluding hydrogens is 234 g/mol. The minimum atomic E-state index is -1.21. The smallest absolute Gasteiger partial charge is 0.158 e. The quantitative estimate of drug-likeness (QED) is 0.773. The third-order valence-electron chi connectivity index (χ3n) is 1.92. The molecule has 13 heavy (non-hydrogen) atoms. The second-order valence-corrected chi connectivity index (χ2v) is 3.95. The lowest BCUT2D eigenvalue weighted by atomic mass is 9.94. The minimum Gasteiger partial charge on any atom is -0.543 e. The van der Waals surface area contributed by atoms with Crippen molar-refractivity contribution in [3.8, 4) is 0 Å². The minimum absolute atomic E-state index is 0.620. The zero-order chi connectivity index (χ0) is 10.1. The summed E-state index contributed by atoms with van der Waals surface area (Å²) in [5.74, 6) is -1.18. The molecular formula is C9H10BrNO2. The summed E-state index contributed by atoms with van der Waals surface area (Å²) in [4.78, 5) is 10.8. The number of rotatable bonds is 2. The summed E-state index contributed by atoms with van der Waals surface area (Å²) in [6.45, 7) is 1.52. The van der Waals surface area contributed by atoms with Gasteiger partial charge in [-0.1, -0.05) is 34.1 Å². The SMILES string of the molecule is C[C@]([NH3+])(C(=O)[O-])c1ccccc1Br. The summed E-state index contributed by atoms with van der Waals surface area (Å²) in [6, 6.07) is 7.08. The highest BCUT2D eigenvalue weighted by Crippen LogP contribution is 2.24. The van der Waals surface area contributed by atoms with Crippen LogP contribution < -0.4 is 10.8 Å². The first kappa shape index (κ1) is 10.2. The third kappa shape index (κ3) is 1.89. The fourth-order valence-corrected chi connectivity index (χ4v) is 1.74. The molecule has 0 fully saturated rings. The van der Waals surface area contributed by atoms with E-state index < -0.39 is 11.5 Å². The summed E-state index contributed by atoms with van der Waals surface area (Å²) in [6.07, 6.45) is 0. The van der Waals surface area contributed by atoms with Crippen LogP contribution in [-0.4, -0.2) is 5.97 Å². The van der Waals surface area contributed by atoms with Gasteiger partial charge in [-0.2, -0.15) is 0 Å². The maximum Gasteiger partial charge on any atom is 0.158 e. The van der Waals surface area contributed by atoms with Gasteiger partial charge in [0.2, 0.25) is 0 Å². The molecule has 0 spiro atoms. The van der Waals surface area contributed by atoms with Crippen molar-refractivity contribution in [2.45, 2.75) is 12.5 Å². The van der Waals surface area contributed by atoms with Gasteiger partial charge in [0.25, 0.3) is 0 Å². The van der Waals surface area contributed by atoms with E-state index in [0.717, 1.165) is 4.47 Å². The van der Waals surface area contributed by atoms with E-state index in [1.807, 2.05) is 6.07 Å². The first-order valence-corrected chi connectivity index (χ1v) is 4.57. The van der Waals surface area contributed by atoms with Crippen LogP contribution in [0.15, 0.2) is 28.7 Å². The Morgan fingerprint density at radius 1 is 1.54 bits per heavy atom. The molecule has 0 radical (unpaired) electrons. The number of carbonyl (C=O) groups excluding carboxylic acids is 1. The lowest BCUT2D eigenvalue weighted by Crippen LogP contribution is -2.75. The molecule has 0 unspecified atom stereocenters. The van der Waals surface area contributed by atoms with E-state index in [0.29, 0.717) is 5.56 Å². The molecule has 0 aliphatic carbocycles. The van der Waals surface area contributed by atoms with Gasteiger partial charge in [-0.3, -0.25) is 0 Å². The van der Waals surface area contributed by atoms with Crippen molar-refractivity contribution in [1.29, 1.82) is 0 Å². The third-order valence-corrected chi connectivity index (χ3v) is 2.61. The lowest BCUT2D eigenvalue weighted by molar-refractivity contribution is -0.489. The number of halogens is 1. The maximum atomic E-state index is 10.8. The van der Waals surface area contributed by atoms with Gasteiger partial charge in [0.15, 0.2) is 5.54 Å². The molecule has 0 heterocycles. The van der Waals surface area contributed by atoms with Gasteiger partial charge in [-0.05, 0) is 6.07 Å². The molecule has 0 bridgehead atoms. The highest BCUT2D eigenvalue weighted by atomic mass is 79.9. The van der Waals surface area contributed by atoms with Crippen LogP contribution in [0.1, 0.15) is 12.5 Å². The number of carboxylic acids is 1. The van der Waals surface area contributed by atoms with Crippen LogP contribution in [0.4, 0.5) is 0 Å². The zero-order valence-electron chi connectivity index (χ0n) is 7.21. The summed E-state index contributed by atoms with van der Waals surface area (Å²) >= 11 is 3.27. The average Bonchev–Trinajstić information content (AvgIpc) is 2.04. The second-order valence-electron chi connectivity index (χ2n) is 3.10. The Labute approximate surface area is 84.7 Å². The number of carboxylic acid groups (broad SMARTS) is 1. The van der Waals surface area contributed by atoms with Gasteiger partial charge in [0, 0.05) is 17.0 Å². The van der Waals surface area contributed by atoms with Crippen molar-refractivity contribution >= 4 is 21.9 Å². The summed E-state index contributed by atoms with van der Waals surface area (Å²) in [5.41, 5.74) is 3.02.